The molecule has 2 aliphatic heterocycles. The summed E-state index contributed by atoms with van der Waals surface area (Å²) in [5.74, 6) is 0.727. The molecule has 0 atom stereocenters. The molecule has 0 radical (unpaired) electrons. The molecule has 2 aromatic rings. The van der Waals surface area contributed by atoms with Crippen molar-refractivity contribution in [2.45, 2.75) is 13.0 Å². The van der Waals surface area contributed by atoms with Crippen molar-refractivity contribution in [1.82, 2.24) is 24.6 Å². The van der Waals surface area contributed by atoms with Gasteiger partial charge in [-0.2, -0.15) is 5.10 Å². The lowest BCUT2D eigenvalue weighted by Gasteiger charge is -2.28. The molecule has 0 unspecified atom stereocenters. The number of fused-ring (bicyclic) bond motifs is 1. The molecule has 24 heavy (non-hydrogen) atoms. The number of ether oxygens (including phenoxy) is 1. The average Bonchev–Trinajstić information content (AvgIpc) is 2.99. The van der Waals surface area contributed by atoms with Crippen LogP contribution >= 0.6 is 0 Å². The molecule has 1 fully saturated rings. The lowest BCUT2D eigenvalue weighted by atomic mass is 10.0. The molecule has 0 spiro atoms. The van der Waals surface area contributed by atoms with Gasteiger partial charge in [-0.05, 0) is 12.5 Å². The highest BCUT2D eigenvalue weighted by atomic mass is 16.5. The van der Waals surface area contributed by atoms with Crippen molar-refractivity contribution in [1.29, 1.82) is 0 Å². The second-order valence-corrected chi connectivity index (χ2v) is 6.02. The highest BCUT2D eigenvalue weighted by Gasteiger charge is 2.30. The number of aryl methyl sites for hydroxylation is 1. The Bertz CT molecular complexity index is 739. The Morgan fingerprint density at radius 2 is 1.92 bits per heavy atom. The molecule has 4 rings (SSSR count). The van der Waals surface area contributed by atoms with Crippen LogP contribution in [0.2, 0.25) is 0 Å². The number of carbonyl (C=O) groups excluding carboxylic acids is 1. The maximum atomic E-state index is 12.8. The summed E-state index contributed by atoms with van der Waals surface area (Å²) in [6.07, 6.45) is 4.26. The van der Waals surface area contributed by atoms with Crippen molar-refractivity contribution in [3.8, 4) is 0 Å². The number of anilines is 1. The third-order valence-corrected chi connectivity index (χ3v) is 4.58. The zero-order chi connectivity index (χ0) is 16.5. The molecule has 0 bridgehead atoms. The summed E-state index contributed by atoms with van der Waals surface area (Å²) in [6, 6.07) is 1.81. The quantitative estimate of drug-likeness (QED) is 0.786. The van der Waals surface area contributed by atoms with Gasteiger partial charge >= 0.3 is 0 Å². The van der Waals surface area contributed by atoms with Gasteiger partial charge in [-0.3, -0.25) is 9.48 Å². The van der Waals surface area contributed by atoms with Crippen LogP contribution in [0.3, 0.4) is 0 Å². The number of hydrogen-bond acceptors (Lipinski definition) is 6. The molecule has 1 saturated heterocycles. The van der Waals surface area contributed by atoms with E-state index in [2.05, 4.69) is 20.0 Å². The van der Waals surface area contributed by atoms with Crippen LogP contribution in [0.4, 0.5) is 5.95 Å². The summed E-state index contributed by atoms with van der Waals surface area (Å²) in [5.41, 5.74) is 2.70. The Balaban J connectivity index is 1.59. The van der Waals surface area contributed by atoms with Gasteiger partial charge in [0.25, 0.3) is 5.91 Å². The molecule has 0 aromatic carbocycles. The zero-order valence-electron chi connectivity index (χ0n) is 13.7. The van der Waals surface area contributed by atoms with Crippen LogP contribution in [-0.4, -0.2) is 63.4 Å². The molecule has 4 heterocycles. The van der Waals surface area contributed by atoms with Gasteiger partial charge in [-0.25, -0.2) is 9.97 Å². The first-order valence-corrected chi connectivity index (χ1v) is 8.18. The number of rotatable bonds is 2. The van der Waals surface area contributed by atoms with E-state index in [0.29, 0.717) is 44.5 Å². The number of carbonyl (C=O) groups is 1. The van der Waals surface area contributed by atoms with Crippen molar-refractivity contribution < 1.29 is 9.53 Å². The fraction of sp³-hybridized carbons (Fsp3) is 0.500. The monoisotopic (exact) mass is 328 g/mol. The standard InChI is InChI=1S/C16H20N6O2/c1-20-13-11-22(16-17-4-2-5-18-16)6-3-12(13)14(19-20)15(23)21-7-9-24-10-8-21/h2,4-5H,3,6-11H2,1H3. The Labute approximate surface area is 140 Å². The predicted octanol–water partition coefficient (Wildman–Crippen LogP) is 0.245. The number of amides is 1. The fourth-order valence-corrected chi connectivity index (χ4v) is 3.28. The van der Waals surface area contributed by atoms with Crippen molar-refractivity contribution in [3.05, 3.63) is 35.4 Å². The summed E-state index contributed by atoms with van der Waals surface area (Å²) in [4.78, 5) is 25.4. The van der Waals surface area contributed by atoms with Crippen LogP contribution in [0.25, 0.3) is 0 Å². The molecule has 126 valence electrons. The van der Waals surface area contributed by atoms with E-state index in [9.17, 15) is 4.79 Å². The summed E-state index contributed by atoms with van der Waals surface area (Å²) >= 11 is 0. The van der Waals surface area contributed by atoms with E-state index in [1.54, 1.807) is 12.4 Å². The highest BCUT2D eigenvalue weighted by Crippen LogP contribution is 2.25. The Morgan fingerprint density at radius 3 is 2.67 bits per heavy atom. The maximum Gasteiger partial charge on any atom is 0.274 e. The van der Waals surface area contributed by atoms with E-state index in [1.165, 1.54) is 0 Å². The first kappa shape index (κ1) is 15.1. The molecule has 0 N–H and O–H groups in total. The van der Waals surface area contributed by atoms with Gasteiger partial charge in [0.05, 0.1) is 25.5 Å². The Hall–Kier alpha value is -2.48. The molecule has 8 nitrogen and oxygen atoms in total. The van der Waals surface area contributed by atoms with Crippen LogP contribution < -0.4 is 4.90 Å². The van der Waals surface area contributed by atoms with Gasteiger partial charge in [-0.1, -0.05) is 0 Å². The summed E-state index contributed by atoms with van der Waals surface area (Å²) < 4.78 is 7.14. The SMILES string of the molecule is Cn1nc(C(=O)N2CCOCC2)c2c1CN(c1ncccn1)CC2. The van der Waals surface area contributed by atoms with Crippen LogP contribution in [0.1, 0.15) is 21.7 Å². The van der Waals surface area contributed by atoms with Gasteiger partial charge in [-0.15, -0.1) is 0 Å². The second kappa shape index (κ2) is 6.20. The average molecular weight is 328 g/mol. The van der Waals surface area contributed by atoms with Gasteiger partial charge in [0, 0.05) is 44.6 Å². The summed E-state index contributed by atoms with van der Waals surface area (Å²) in [5, 5.41) is 4.51. The topological polar surface area (TPSA) is 76.4 Å². The van der Waals surface area contributed by atoms with Crippen LogP contribution in [0.5, 0.6) is 0 Å². The highest BCUT2D eigenvalue weighted by molar-refractivity contribution is 5.94. The molecule has 0 aliphatic carbocycles. The van der Waals surface area contributed by atoms with Crippen molar-refractivity contribution >= 4 is 11.9 Å². The summed E-state index contributed by atoms with van der Waals surface area (Å²) in [6.45, 7) is 3.91. The van der Waals surface area contributed by atoms with Crippen LogP contribution in [0, 0.1) is 0 Å². The van der Waals surface area contributed by atoms with Crippen molar-refractivity contribution in [2.75, 3.05) is 37.7 Å². The molecule has 1 amide bonds. The van der Waals surface area contributed by atoms with Crippen molar-refractivity contribution in [2.24, 2.45) is 7.05 Å². The largest absolute Gasteiger partial charge is 0.378 e. The first-order chi connectivity index (χ1) is 11.7. The smallest absolute Gasteiger partial charge is 0.274 e. The Kier molecular flexibility index (Phi) is 3.89. The number of aromatic nitrogens is 4. The first-order valence-electron chi connectivity index (χ1n) is 8.18. The van der Waals surface area contributed by atoms with E-state index in [-0.39, 0.29) is 5.91 Å². The fourth-order valence-electron chi connectivity index (χ4n) is 3.28. The van der Waals surface area contributed by atoms with E-state index in [0.717, 1.165) is 24.2 Å². The van der Waals surface area contributed by atoms with Crippen LogP contribution in [0.15, 0.2) is 18.5 Å². The number of nitrogens with zero attached hydrogens (tertiary/aromatic N) is 6. The van der Waals surface area contributed by atoms with Gasteiger partial charge < -0.3 is 14.5 Å². The number of morpholine rings is 1. The lowest BCUT2D eigenvalue weighted by molar-refractivity contribution is 0.0298. The molecule has 0 saturated carbocycles. The molecule has 2 aromatic heterocycles. The van der Waals surface area contributed by atoms with Gasteiger partial charge in [0.2, 0.25) is 5.95 Å². The third kappa shape index (κ3) is 2.62. The van der Waals surface area contributed by atoms with E-state index in [1.807, 2.05) is 22.7 Å². The molecular formula is C16H20N6O2. The molecule has 8 heteroatoms. The molecular weight excluding hydrogens is 308 g/mol. The second-order valence-electron chi connectivity index (χ2n) is 6.02. The zero-order valence-corrected chi connectivity index (χ0v) is 13.7. The lowest BCUT2D eigenvalue weighted by Crippen LogP contribution is -2.41. The number of hydrogen-bond donors (Lipinski definition) is 0. The van der Waals surface area contributed by atoms with E-state index in [4.69, 9.17) is 4.74 Å². The van der Waals surface area contributed by atoms with Gasteiger partial charge in [0.15, 0.2) is 5.69 Å². The summed E-state index contributed by atoms with van der Waals surface area (Å²) in [7, 11) is 1.89. The molecule has 2 aliphatic rings. The third-order valence-electron chi connectivity index (χ3n) is 4.58. The normalized spacial score (nSPS) is 17.7. The minimum atomic E-state index is 0.0135. The minimum absolute atomic E-state index is 0.0135. The maximum absolute atomic E-state index is 12.8. The van der Waals surface area contributed by atoms with Crippen molar-refractivity contribution in [3.63, 3.8) is 0 Å². The minimum Gasteiger partial charge on any atom is -0.378 e. The van der Waals surface area contributed by atoms with Gasteiger partial charge in [0.1, 0.15) is 0 Å². The van der Waals surface area contributed by atoms with E-state index >= 15 is 0 Å². The predicted molar refractivity (Wildman–Crippen MR) is 86.7 cm³/mol. The van der Waals surface area contributed by atoms with Crippen LogP contribution in [-0.2, 0) is 24.8 Å². The Morgan fingerprint density at radius 1 is 1.17 bits per heavy atom. The van der Waals surface area contributed by atoms with E-state index < -0.39 is 0 Å².